The Bertz CT molecular complexity index is 1520. The average molecular weight is 476 g/mol. The van der Waals surface area contributed by atoms with Gasteiger partial charge in [0.2, 0.25) is 0 Å². The molecule has 0 radical (unpaired) electrons. The molecule has 0 fully saturated rings. The minimum absolute atomic E-state index is 0.0556. The van der Waals surface area contributed by atoms with Crippen LogP contribution < -0.4 is 10.9 Å². The van der Waals surface area contributed by atoms with Crippen LogP contribution in [0.4, 0.5) is 5.69 Å². The summed E-state index contributed by atoms with van der Waals surface area (Å²) in [4.78, 5) is 26.2. The first-order valence-electron chi connectivity index (χ1n) is 10.4. The number of hydrogen-bond donors (Lipinski definition) is 3. The Labute approximate surface area is 195 Å². The molecule has 9 heteroatoms. The normalized spacial score (nSPS) is 11.2. The van der Waals surface area contributed by atoms with Gasteiger partial charge in [-0.25, -0.2) is 13.5 Å². The van der Waals surface area contributed by atoms with Gasteiger partial charge in [0.1, 0.15) is 11.3 Å². The molecular formula is C25H21N3O5S. The first kappa shape index (κ1) is 22.9. The third-order valence-corrected chi connectivity index (χ3v) is 7.01. The van der Waals surface area contributed by atoms with Gasteiger partial charge < -0.3 is 10.4 Å². The molecule has 4 rings (SSSR count). The quantitative estimate of drug-likeness (QED) is 0.363. The van der Waals surface area contributed by atoms with Crippen LogP contribution in [-0.2, 0) is 9.84 Å². The van der Waals surface area contributed by atoms with Crippen LogP contribution in [-0.4, -0.2) is 35.4 Å². The van der Waals surface area contributed by atoms with Crippen LogP contribution in [0.3, 0.4) is 0 Å². The molecule has 3 aromatic carbocycles. The maximum Gasteiger partial charge on any atom is 0.277 e. The van der Waals surface area contributed by atoms with E-state index in [1.54, 1.807) is 36.4 Å². The molecule has 0 unspecified atom stereocenters. The number of nitrogens with zero attached hydrogens (tertiary/aromatic N) is 1. The SMILES string of the molecule is CCS(=O)(=O)c1ccc(O)c(NC(=O)c2c(-c3ccccc3)c(-c3ccccc3)n[nH]c2=O)c1. The molecule has 0 spiro atoms. The number of aromatic nitrogens is 2. The van der Waals surface area contributed by atoms with Crippen molar-refractivity contribution in [1.82, 2.24) is 10.2 Å². The molecule has 34 heavy (non-hydrogen) atoms. The molecule has 8 nitrogen and oxygen atoms in total. The minimum atomic E-state index is -3.58. The zero-order valence-electron chi connectivity index (χ0n) is 18.1. The largest absolute Gasteiger partial charge is 0.506 e. The van der Waals surface area contributed by atoms with Crippen LogP contribution in [0.25, 0.3) is 22.4 Å². The topological polar surface area (TPSA) is 129 Å². The number of hydrogen-bond acceptors (Lipinski definition) is 6. The summed E-state index contributed by atoms with van der Waals surface area (Å²) >= 11 is 0. The molecule has 3 N–H and O–H groups in total. The molecule has 0 bridgehead atoms. The number of carbonyl (C=O) groups is 1. The van der Waals surface area contributed by atoms with Crippen molar-refractivity contribution in [3.63, 3.8) is 0 Å². The Kier molecular flexibility index (Phi) is 6.29. The van der Waals surface area contributed by atoms with Gasteiger partial charge in [-0.05, 0) is 23.8 Å². The molecular weight excluding hydrogens is 454 g/mol. The van der Waals surface area contributed by atoms with E-state index in [9.17, 15) is 23.1 Å². The van der Waals surface area contributed by atoms with Crippen LogP contribution in [0.5, 0.6) is 5.75 Å². The number of rotatable bonds is 6. The first-order chi connectivity index (χ1) is 16.3. The highest BCUT2D eigenvalue weighted by molar-refractivity contribution is 7.91. The van der Waals surface area contributed by atoms with E-state index in [4.69, 9.17) is 0 Å². The molecule has 4 aromatic rings. The maximum absolute atomic E-state index is 13.4. The van der Waals surface area contributed by atoms with Crippen LogP contribution in [0, 0.1) is 0 Å². The van der Waals surface area contributed by atoms with Gasteiger partial charge >= 0.3 is 0 Å². The summed E-state index contributed by atoms with van der Waals surface area (Å²) < 4.78 is 24.5. The molecule has 0 aliphatic rings. The lowest BCUT2D eigenvalue weighted by molar-refractivity contribution is 0.102. The van der Waals surface area contributed by atoms with Gasteiger partial charge in [0.25, 0.3) is 11.5 Å². The molecule has 172 valence electrons. The van der Waals surface area contributed by atoms with Crippen molar-refractivity contribution >= 4 is 21.4 Å². The third kappa shape index (κ3) is 4.46. The van der Waals surface area contributed by atoms with E-state index in [1.165, 1.54) is 25.1 Å². The number of anilines is 1. The van der Waals surface area contributed by atoms with Crippen molar-refractivity contribution in [1.29, 1.82) is 0 Å². The fraction of sp³-hybridized carbons (Fsp3) is 0.0800. The predicted octanol–water partition coefficient (Wildman–Crippen LogP) is 3.86. The van der Waals surface area contributed by atoms with Gasteiger partial charge in [-0.2, -0.15) is 5.10 Å². The lowest BCUT2D eigenvalue weighted by Gasteiger charge is -2.15. The van der Waals surface area contributed by atoms with Gasteiger partial charge in [-0.3, -0.25) is 9.59 Å². The summed E-state index contributed by atoms with van der Waals surface area (Å²) in [5.74, 6) is -1.30. The summed E-state index contributed by atoms with van der Waals surface area (Å²) in [6.45, 7) is 1.49. The number of aromatic amines is 1. The summed E-state index contributed by atoms with van der Waals surface area (Å²) in [5, 5.41) is 19.3. The second-order valence-corrected chi connectivity index (χ2v) is 9.70. The van der Waals surface area contributed by atoms with Gasteiger partial charge in [0.05, 0.1) is 22.0 Å². The van der Waals surface area contributed by atoms with Crippen molar-refractivity contribution in [3.05, 3.63) is 94.8 Å². The second kappa shape index (κ2) is 9.32. The Hall–Kier alpha value is -4.24. The molecule has 0 saturated carbocycles. The van der Waals surface area contributed by atoms with E-state index >= 15 is 0 Å². The molecule has 0 aliphatic carbocycles. The van der Waals surface area contributed by atoms with Crippen molar-refractivity contribution in [2.24, 2.45) is 0 Å². The van der Waals surface area contributed by atoms with E-state index in [2.05, 4.69) is 15.5 Å². The number of aromatic hydroxyl groups is 1. The number of carbonyl (C=O) groups excluding carboxylic acids is 1. The average Bonchev–Trinajstić information content (AvgIpc) is 2.86. The lowest BCUT2D eigenvalue weighted by atomic mass is 9.95. The van der Waals surface area contributed by atoms with Crippen LogP contribution in [0.2, 0.25) is 0 Å². The molecule has 0 atom stereocenters. The summed E-state index contributed by atoms with van der Waals surface area (Å²) in [6, 6.07) is 21.6. The number of phenols is 1. The lowest BCUT2D eigenvalue weighted by Crippen LogP contribution is -2.26. The fourth-order valence-electron chi connectivity index (χ4n) is 3.52. The zero-order chi connectivity index (χ0) is 24.3. The molecule has 1 aromatic heterocycles. The third-order valence-electron chi connectivity index (χ3n) is 5.28. The number of nitrogens with one attached hydrogen (secondary N) is 2. The van der Waals surface area contributed by atoms with Gasteiger partial charge in [0.15, 0.2) is 9.84 Å². The summed E-state index contributed by atoms with van der Waals surface area (Å²) in [7, 11) is -3.58. The van der Waals surface area contributed by atoms with Crippen molar-refractivity contribution < 1.29 is 18.3 Å². The van der Waals surface area contributed by atoms with E-state index in [0.717, 1.165) is 0 Å². The molecule has 1 amide bonds. The number of sulfone groups is 1. The molecule has 1 heterocycles. The van der Waals surface area contributed by atoms with Gasteiger partial charge in [0, 0.05) is 11.1 Å². The number of H-pyrrole nitrogens is 1. The van der Waals surface area contributed by atoms with E-state index in [0.29, 0.717) is 22.4 Å². The molecule has 0 saturated heterocycles. The standard InChI is InChI=1S/C25H21N3O5S/c1-2-34(32,33)18-13-14-20(29)19(15-18)26-24(30)22-21(16-9-5-3-6-10-16)23(27-28-25(22)31)17-11-7-4-8-12-17/h3-15,29H,2H2,1H3,(H,26,30)(H,28,31). The van der Waals surface area contributed by atoms with Crippen LogP contribution in [0.1, 0.15) is 17.3 Å². The monoisotopic (exact) mass is 475 g/mol. The second-order valence-electron chi connectivity index (χ2n) is 7.42. The Balaban J connectivity index is 1.88. The minimum Gasteiger partial charge on any atom is -0.506 e. The van der Waals surface area contributed by atoms with E-state index in [1.807, 2.05) is 24.3 Å². The first-order valence-corrected chi connectivity index (χ1v) is 12.1. The van der Waals surface area contributed by atoms with Gasteiger partial charge in [-0.15, -0.1) is 0 Å². The highest BCUT2D eigenvalue weighted by atomic mass is 32.2. The Morgan fingerprint density at radius 1 is 0.971 bits per heavy atom. The highest BCUT2D eigenvalue weighted by Crippen LogP contribution is 2.33. The zero-order valence-corrected chi connectivity index (χ0v) is 19.0. The van der Waals surface area contributed by atoms with Crippen LogP contribution >= 0.6 is 0 Å². The highest BCUT2D eigenvalue weighted by Gasteiger charge is 2.24. The Morgan fingerprint density at radius 2 is 1.59 bits per heavy atom. The fourth-order valence-corrected chi connectivity index (χ4v) is 4.42. The van der Waals surface area contributed by atoms with Crippen LogP contribution in [0.15, 0.2) is 88.6 Å². The summed E-state index contributed by atoms with van der Waals surface area (Å²) in [5.41, 5.74) is 0.905. The van der Waals surface area contributed by atoms with Crippen molar-refractivity contribution in [2.75, 3.05) is 11.1 Å². The summed E-state index contributed by atoms with van der Waals surface area (Å²) in [6.07, 6.45) is 0. The predicted molar refractivity (Wildman–Crippen MR) is 130 cm³/mol. The number of benzene rings is 3. The number of amides is 1. The smallest absolute Gasteiger partial charge is 0.277 e. The van der Waals surface area contributed by atoms with Crippen molar-refractivity contribution in [3.8, 4) is 28.1 Å². The molecule has 0 aliphatic heterocycles. The van der Waals surface area contributed by atoms with Gasteiger partial charge in [-0.1, -0.05) is 67.6 Å². The maximum atomic E-state index is 13.4. The van der Waals surface area contributed by atoms with Crippen molar-refractivity contribution in [2.45, 2.75) is 11.8 Å². The van der Waals surface area contributed by atoms with E-state index in [-0.39, 0.29) is 27.6 Å². The number of phenolic OH excluding ortho intramolecular Hbond substituents is 1. The van der Waals surface area contributed by atoms with E-state index < -0.39 is 21.3 Å². The Morgan fingerprint density at radius 3 is 2.21 bits per heavy atom.